The second kappa shape index (κ2) is 7.70. The van der Waals surface area contributed by atoms with Gasteiger partial charge in [0.2, 0.25) is 5.89 Å². The maximum absolute atomic E-state index is 12.4. The second-order valence-corrected chi connectivity index (χ2v) is 6.02. The van der Waals surface area contributed by atoms with Crippen LogP contribution in [0.4, 0.5) is 0 Å². The molecule has 0 aliphatic heterocycles. The molecule has 0 aliphatic rings. The van der Waals surface area contributed by atoms with Crippen molar-refractivity contribution in [1.82, 2.24) is 4.98 Å². The molecular weight excluding hydrogens is 338 g/mol. The van der Waals surface area contributed by atoms with E-state index in [0.717, 1.165) is 5.56 Å². The van der Waals surface area contributed by atoms with Gasteiger partial charge in [-0.15, -0.1) is 0 Å². The fraction of sp³-hybridized carbons (Fsp3) is 0.0435. The van der Waals surface area contributed by atoms with Crippen molar-refractivity contribution in [1.29, 1.82) is 0 Å². The average Bonchev–Trinajstić information content (AvgIpc) is 3.22. The zero-order valence-electron chi connectivity index (χ0n) is 14.5. The Labute approximate surface area is 157 Å². The van der Waals surface area contributed by atoms with Crippen LogP contribution in [0.3, 0.4) is 0 Å². The Morgan fingerprint density at radius 1 is 0.815 bits per heavy atom. The molecule has 3 aromatic carbocycles. The van der Waals surface area contributed by atoms with Crippen LogP contribution in [0.1, 0.15) is 21.6 Å². The van der Waals surface area contributed by atoms with Gasteiger partial charge in [0.25, 0.3) is 0 Å². The van der Waals surface area contributed by atoms with Crippen LogP contribution in [-0.4, -0.2) is 10.8 Å². The molecule has 0 atom stereocenters. The van der Waals surface area contributed by atoms with E-state index in [4.69, 9.17) is 9.15 Å². The highest BCUT2D eigenvalue weighted by molar-refractivity contribution is 6.08. The van der Waals surface area contributed by atoms with Crippen LogP contribution >= 0.6 is 0 Å². The predicted molar refractivity (Wildman–Crippen MR) is 103 cm³/mol. The van der Waals surface area contributed by atoms with Gasteiger partial charge in [0.05, 0.1) is 0 Å². The van der Waals surface area contributed by atoms with Crippen molar-refractivity contribution >= 4 is 5.78 Å². The second-order valence-electron chi connectivity index (χ2n) is 6.02. The van der Waals surface area contributed by atoms with Crippen molar-refractivity contribution in [3.05, 3.63) is 108 Å². The normalized spacial score (nSPS) is 10.5. The Kier molecular flexibility index (Phi) is 4.79. The molecule has 1 aromatic heterocycles. The summed E-state index contributed by atoms with van der Waals surface area (Å²) in [6, 6.07) is 26.0. The number of benzene rings is 3. The van der Waals surface area contributed by atoms with Crippen molar-refractivity contribution in [2.45, 2.75) is 6.61 Å². The largest absolute Gasteiger partial charge is 0.487 e. The van der Waals surface area contributed by atoms with Gasteiger partial charge in [0, 0.05) is 16.7 Å². The highest BCUT2D eigenvalue weighted by atomic mass is 16.5. The third kappa shape index (κ3) is 3.96. The number of hydrogen-bond acceptors (Lipinski definition) is 4. The zero-order valence-corrected chi connectivity index (χ0v) is 14.5. The number of oxazole rings is 1. The van der Waals surface area contributed by atoms with Crippen molar-refractivity contribution in [3.63, 3.8) is 0 Å². The van der Waals surface area contributed by atoms with E-state index in [-0.39, 0.29) is 5.78 Å². The maximum atomic E-state index is 12.4. The number of rotatable bonds is 6. The zero-order chi connectivity index (χ0) is 18.5. The lowest BCUT2D eigenvalue weighted by atomic mass is 10.0. The number of hydrogen-bond donors (Lipinski definition) is 0. The standard InChI is InChI=1S/C23H17NO3/c25-22(17-7-3-1-4-8-17)18-11-13-21(14-12-18)26-15-20-16-27-23(24-20)19-9-5-2-6-10-19/h1-14,16H,15H2. The van der Waals surface area contributed by atoms with E-state index in [1.807, 2.05) is 60.7 Å². The molecule has 1 heterocycles. The van der Waals surface area contributed by atoms with E-state index in [1.54, 1.807) is 30.5 Å². The lowest BCUT2D eigenvalue weighted by molar-refractivity contribution is 0.103. The van der Waals surface area contributed by atoms with Gasteiger partial charge in [0.15, 0.2) is 5.78 Å². The molecule has 27 heavy (non-hydrogen) atoms. The molecule has 0 unspecified atom stereocenters. The summed E-state index contributed by atoms with van der Waals surface area (Å²) in [7, 11) is 0. The summed E-state index contributed by atoms with van der Waals surface area (Å²) in [5.41, 5.74) is 2.93. The molecule has 4 heteroatoms. The molecule has 0 bridgehead atoms. The summed E-state index contributed by atoms with van der Waals surface area (Å²) in [6.45, 7) is 0.294. The molecule has 0 fully saturated rings. The lowest BCUT2D eigenvalue weighted by Gasteiger charge is -2.05. The molecule has 0 amide bonds. The fourth-order valence-corrected chi connectivity index (χ4v) is 2.70. The van der Waals surface area contributed by atoms with Gasteiger partial charge < -0.3 is 9.15 Å². The van der Waals surface area contributed by atoms with Gasteiger partial charge >= 0.3 is 0 Å². The molecule has 4 nitrogen and oxygen atoms in total. The molecular formula is C23H17NO3. The SMILES string of the molecule is O=C(c1ccccc1)c1ccc(OCc2coc(-c3ccccc3)n2)cc1. The van der Waals surface area contributed by atoms with E-state index >= 15 is 0 Å². The minimum atomic E-state index is -0.00819. The Morgan fingerprint density at radius 2 is 1.44 bits per heavy atom. The van der Waals surface area contributed by atoms with Crippen molar-refractivity contribution in [3.8, 4) is 17.2 Å². The molecule has 4 rings (SSSR count). The number of nitrogens with zero attached hydrogens (tertiary/aromatic N) is 1. The average molecular weight is 355 g/mol. The van der Waals surface area contributed by atoms with Crippen molar-refractivity contribution in [2.75, 3.05) is 0 Å². The molecule has 0 spiro atoms. The smallest absolute Gasteiger partial charge is 0.226 e. The predicted octanol–water partition coefficient (Wildman–Crippen LogP) is 5.15. The molecule has 0 N–H and O–H groups in total. The monoisotopic (exact) mass is 355 g/mol. The van der Waals surface area contributed by atoms with Crippen LogP contribution in [-0.2, 0) is 6.61 Å². The van der Waals surface area contributed by atoms with Crippen LogP contribution in [0, 0.1) is 0 Å². The first-order valence-corrected chi connectivity index (χ1v) is 8.62. The summed E-state index contributed by atoms with van der Waals surface area (Å²) in [6.07, 6.45) is 1.59. The quantitative estimate of drug-likeness (QED) is 0.449. The number of aromatic nitrogens is 1. The summed E-state index contributed by atoms with van der Waals surface area (Å²) in [4.78, 5) is 16.8. The number of ketones is 1. The molecule has 0 saturated heterocycles. The van der Waals surface area contributed by atoms with E-state index in [2.05, 4.69) is 4.98 Å². The highest BCUT2D eigenvalue weighted by Gasteiger charge is 2.09. The van der Waals surface area contributed by atoms with E-state index < -0.39 is 0 Å². The van der Waals surface area contributed by atoms with Crippen LogP contribution in [0.15, 0.2) is 95.6 Å². The molecule has 0 saturated carbocycles. The first-order valence-electron chi connectivity index (χ1n) is 8.62. The Bertz CT molecular complexity index is 1020. The molecule has 0 aliphatic carbocycles. The first kappa shape index (κ1) is 16.8. The van der Waals surface area contributed by atoms with Crippen LogP contribution < -0.4 is 4.74 Å². The van der Waals surface area contributed by atoms with Crippen molar-refractivity contribution in [2.24, 2.45) is 0 Å². The van der Waals surface area contributed by atoms with Gasteiger partial charge in [-0.05, 0) is 36.4 Å². The number of carbonyl (C=O) groups is 1. The summed E-state index contributed by atoms with van der Waals surface area (Å²) < 4.78 is 11.3. The Hall–Kier alpha value is -3.66. The number of ether oxygens (including phenoxy) is 1. The Balaban J connectivity index is 1.39. The van der Waals surface area contributed by atoms with Gasteiger partial charge in [-0.2, -0.15) is 0 Å². The van der Waals surface area contributed by atoms with Crippen LogP contribution in [0.2, 0.25) is 0 Å². The van der Waals surface area contributed by atoms with Gasteiger partial charge in [-0.25, -0.2) is 4.98 Å². The van der Waals surface area contributed by atoms with E-state index in [0.29, 0.717) is 35.1 Å². The molecule has 132 valence electrons. The van der Waals surface area contributed by atoms with Gasteiger partial charge in [-0.1, -0.05) is 48.5 Å². The van der Waals surface area contributed by atoms with Gasteiger partial charge in [0.1, 0.15) is 24.3 Å². The highest BCUT2D eigenvalue weighted by Crippen LogP contribution is 2.20. The van der Waals surface area contributed by atoms with Crippen LogP contribution in [0.5, 0.6) is 5.75 Å². The lowest BCUT2D eigenvalue weighted by Crippen LogP contribution is -2.01. The summed E-state index contributed by atoms with van der Waals surface area (Å²) >= 11 is 0. The third-order valence-corrected chi connectivity index (χ3v) is 4.11. The molecule has 0 radical (unpaired) electrons. The fourth-order valence-electron chi connectivity index (χ4n) is 2.70. The third-order valence-electron chi connectivity index (χ3n) is 4.11. The summed E-state index contributed by atoms with van der Waals surface area (Å²) in [5.74, 6) is 1.23. The topological polar surface area (TPSA) is 52.3 Å². The summed E-state index contributed by atoms with van der Waals surface area (Å²) in [5, 5.41) is 0. The van der Waals surface area contributed by atoms with Crippen LogP contribution in [0.25, 0.3) is 11.5 Å². The van der Waals surface area contributed by atoms with Crippen molar-refractivity contribution < 1.29 is 13.9 Å². The first-order chi connectivity index (χ1) is 13.3. The molecule has 4 aromatic rings. The minimum absolute atomic E-state index is 0.00819. The number of carbonyl (C=O) groups excluding carboxylic acids is 1. The Morgan fingerprint density at radius 3 is 2.15 bits per heavy atom. The minimum Gasteiger partial charge on any atom is -0.487 e. The maximum Gasteiger partial charge on any atom is 0.226 e. The van der Waals surface area contributed by atoms with E-state index in [9.17, 15) is 4.79 Å². The van der Waals surface area contributed by atoms with E-state index in [1.165, 1.54) is 0 Å². The van der Waals surface area contributed by atoms with Gasteiger partial charge in [-0.3, -0.25) is 4.79 Å².